The van der Waals surface area contributed by atoms with Gasteiger partial charge in [0.05, 0.1) is 11.2 Å². The Balaban J connectivity index is 2.27. The van der Waals surface area contributed by atoms with E-state index < -0.39 is 15.6 Å². The van der Waals surface area contributed by atoms with Crippen LogP contribution in [0, 0.1) is 6.92 Å². The molecule has 0 radical (unpaired) electrons. The predicted molar refractivity (Wildman–Crippen MR) is 84.9 cm³/mol. The lowest BCUT2D eigenvalue weighted by molar-refractivity contribution is 0.299. The van der Waals surface area contributed by atoms with Gasteiger partial charge >= 0.3 is 0 Å². The summed E-state index contributed by atoms with van der Waals surface area (Å²) in [5.41, 5.74) is 0.335. The summed E-state index contributed by atoms with van der Waals surface area (Å²) in [5.74, 6) is 0. The Morgan fingerprint density at radius 2 is 2.00 bits per heavy atom. The first-order valence-corrected chi connectivity index (χ1v) is 8.41. The summed E-state index contributed by atoms with van der Waals surface area (Å²) in [4.78, 5) is 16.1. The zero-order chi connectivity index (χ0) is 16.6. The topological polar surface area (TPSA) is 105 Å². The molecule has 0 spiro atoms. The number of hydrogen-bond acceptors (Lipinski definition) is 5. The van der Waals surface area contributed by atoms with Gasteiger partial charge in [-0.05, 0) is 19.1 Å². The lowest BCUT2D eigenvalue weighted by atomic mass is 10.2. The third kappa shape index (κ3) is 2.45. The number of hydrogen-bond donors (Lipinski definition) is 2. The van der Waals surface area contributed by atoms with Gasteiger partial charge in [-0.1, -0.05) is 18.2 Å². The van der Waals surface area contributed by atoms with Crippen LogP contribution in [0.15, 0.2) is 46.2 Å². The van der Waals surface area contributed by atoms with Gasteiger partial charge in [-0.3, -0.25) is 9.78 Å². The number of nitrogens with one attached hydrogen (secondary N) is 1. The zero-order valence-electron chi connectivity index (χ0n) is 12.4. The number of H-pyrrole nitrogens is 1. The van der Waals surface area contributed by atoms with Crippen LogP contribution in [0.25, 0.3) is 10.9 Å². The lowest BCUT2D eigenvalue weighted by Gasteiger charge is -2.10. The summed E-state index contributed by atoms with van der Waals surface area (Å²) >= 11 is 0. The van der Waals surface area contributed by atoms with Gasteiger partial charge < -0.3 is 5.11 Å². The van der Waals surface area contributed by atoms with Crippen LogP contribution in [0.2, 0.25) is 0 Å². The van der Waals surface area contributed by atoms with Crippen molar-refractivity contribution in [1.82, 2.24) is 14.2 Å². The number of benzene rings is 1. The van der Waals surface area contributed by atoms with Crippen LogP contribution >= 0.6 is 0 Å². The number of aliphatic hydroxyl groups excluding tert-OH is 1. The molecule has 0 aliphatic heterocycles. The number of aromatic nitrogens is 3. The SMILES string of the molecule is Cc1c(CCO)c(=O)[nH]n1S(=O)(=O)c1cccc2cccnc12. The molecule has 1 aromatic carbocycles. The van der Waals surface area contributed by atoms with Crippen molar-refractivity contribution in [1.29, 1.82) is 0 Å². The summed E-state index contributed by atoms with van der Waals surface area (Å²) in [5, 5.41) is 12.0. The quantitative estimate of drug-likeness (QED) is 0.735. The fourth-order valence-electron chi connectivity index (χ4n) is 2.56. The van der Waals surface area contributed by atoms with Crippen molar-refractivity contribution in [3.05, 3.63) is 58.1 Å². The number of para-hydroxylation sites is 1. The predicted octanol–water partition coefficient (Wildman–Crippen LogP) is 0.805. The van der Waals surface area contributed by atoms with E-state index in [9.17, 15) is 13.2 Å². The van der Waals surface area contributed by atoms with E-state index in [0.717, 1.165) is 4.09 Å². The second-order valence-corrected chi connectivity index (χ2v) is 6.83. The number of aliphatic hydroxyl groups is 1. The fourth-order valence-corrected chi connectivity index (χ4v) is 4.10. The Bertz CT molecular complexity index is 1030. The Morgan fingerprint density at radius 1 is 1.26 bits per heavy atom. The molecular weight excluding hydrogens is 318 g/mol. The van der Waals surface area contributed by atoms with Crippen LogP contribution in [-0.4, -0.2) is 34.3 Å². The zero-order valence-corrected chi connectivity index (χ0v) is 13.2. The first-order valence-electron chi connectivity index (χ1n) is 6.97. The molecule has 0 saturated carbocycles. The molecule has 0 unspecified atom stereocenters. The molecule has 7 nitrogen and oxygen atoms in total. The van der Waals surface area contributed by atoms with Crippen molar-refractivity contribution in [2.24, 2.45) is 0 Å². The highest BCUT2D eigenvalue weighted by atomic mass is 32.2. The van der Waals surface area contributed by atoms with E-state index in [1.807, 2.05) is 0 Å². The van der Waals surface area contributed by atoms with Crippen LogP contribution in [0.4, 0.5) is 0 Å². The molecule has 0 amide bonds. The average Bonchev–Trinajstić information content (AvgIpc) is 2.83. The largest absolute Gasteiger partial charge is 0.396 e. The van der Waals surface area contributed by atoms with Gasteiger partial charge in [0.15, 0.2) is 0 Å². The first kappa shape index (κ1) is 15.4. The van der Waals surface area contributed by atoms with Crippen LogP contribution < -0.4 is 5.56 Å². The number of nitrogens with zero attached hydrogens (tertiary/aromatic N) is 2. The van der Waals surface area contributed by atoms with Gasteiger partial charge in [-0.25, -0.2) is 5.10 Å². The molecule has 3 aromatic rings. The summed E-state index contributed by atoms with van der Waals surface area (Å²) in [6, 6.07) is 8.34. The van der Waals surface area contributed by atoms with Crippen molar-refractivity contribution < 1.29 is 13.5 Å². The first-order chi connectivity index (χ1) is 11.0. The molecule has 0 aliphatic rings. The Morgan fingerprint density at radius 3 is 2.74 bits per heavy atom. The standard InChI is InChI=1S/C15H15N3O4S/c1-10-12(7-9-19)15(20)17-18(10)23(21,22)13-6-2-4-11-5-3-8-16-14(11)13/h2-6,8,19H,7,9H2,1H3,(H,17,20). The smallest absolute Gasteiger partial charge is 0.283 e. The summed E-state index contributed by atoms with van der Waals surface area (Å²) in [6.45, 7) is 1.29. The Kier molecular flexibility index (Phi) is 3.78. The minimum absolute atomic E-state index is 0.0144. The van der Waals surface area contributed by atoms with E-state index in [2.05, 4.69) is 10.1 Å². The summed E-state index contributed by atoms with van der Waals surface area (Å²) in [7, 11) is -4.00. The second-order valence-electron chi connectivity index (χ2n) is 5.08. The van der Waals surface area contributed by atoms with Gasteiger partial charge in [0.25, 0.3) is 15.6 Å². The maximum atomic E-state index is 12.9. The van der Waals surface area contributed by atoms with Crippen LogP contribution in [0.5, 0.6) is 0 Å². The van der Waals surface area contributed by atoms with Crippen LogP contribution in [0.3, 0.4) is 0 Å². The Hall–Kier alpha value is -2.45. The third-order valence-corrected chi connectivity index (χ3v) is 5.43. The summed E-state index contributed by atoms with van der Waals surface area (Å²) < 4.78 is 26.7. The highest BCUT2D eigenvalue weighted by Crippen LogP contribution is 2.23. The number of rotatable bonds is 4. The molecule has 8 heteroatoms. The molecule has 120 valence electrons. The average molecular weight is 333 g/mol. The number of fused-ring (bicyclic) bond motifs is 1. The lowest BCUT2D eigenvalue weighted by Crippen LogP contribution is -2.18. The van der Waals surface area contributed by atoms with Gasteiger partial charge in [0.2, 0.25) is 0 Å². The van der Waals surface area contributed by atoms with E-state index in [0.29, 0.717) is 10.9 Å². The molecule has 0 fully saturated rings. The molecular formula is C15H15N3O4S. The molecule has 2 N–H and O–H groups in total. The fraction of sp³-hybridized carbons (Fsp3) is 0.200. The van der Waals surface area contributed by atoms with Crippen molar-refractivity contribution in [3.63, 3.8) is 0 Å². The van der Waals surface area contributed by atoms with Crippen molar-refractivity contribution in [2.75, 3.05) is 6.61 Å². The third-order valence-electron chi connectivity index (χ3n) is 3.69. The van der Waals surface area contributed by atoms with E-state index >= 15 is 0 Å². The molecule has 3 rings (SSSR count). The molecule has 0 saturated heterocycles. The molecule has 0 atom stereocenters. The van der Waals surface area contributed by atoms with Crippen LogP contribution in [0.1, 0.15) is 11.3 Å². The van der Waals surface area contributed by atoms with Gasteiger partial charge in [0, 0.05) is 30.2 Å². The maximum absolute atomic E-state index is 12.9. The van der Waals surface area contributed by atoms with Gasteiger partial charge in [-0.15, -0.1) is 0 Å². The number of pyridine rings is 1. The highest BCUT2D eigenvalue weighted by Gasteiger charge is 2.25. The van der Waals surface area contributed by atoms with Gasteiger partial charge in [0.1, 0.15) is 4.90 Å². The van der Waals surface area contributed by atoms with Crippen molar-refractivity contribution >= 4 is 20.9 Å². The number of aromatic amines is 1. The molecule has 2 aromatic heterocycles. The minimum atomic E-state index is -4.00. The van der Waals surface area contributed by atoms with Crippen LogP contribution in [-0.2, 0) is 16.4 Å². The Labute approximate surface area is 132 Å². The molecule has 0 aliphatic carbocycles. The van der Waals surface area contributed by atoms with Gasteiger partial charge in [-0.2, -0.15) is 12.5 Å². The van der Waals surface area contributed by atoms with Crippen molar-refractivity contribution in [2.45, 2.75) is 18.2 Å². The monoisotopic (exact) mass is 333 g/mol. The van der Waals surface area contributed by atoms with E-state index in [-0.39, 0.29) is 29.2 Å². The maximum Gasteiger partial charge on any atom is 0.283 e. The van der Waals surface area contributed by atoms with E-state index in [4.69, 9.17) is 5.11 Å². The second kappa shape index (κ2) is 5.64. The normalized spacial score (nSPS) is 11.9. The van der Waals surface area contributed by atoms with E-state index in [1.54, 1.807) is 24.3 Å². The molecule has 23 heavy (non-hydrogen) atoms. The minimum Gasteiger partial charge on any atom is -0.396 e. The molecule has 0 bridgehead atoms. The van der Waals surface area contributed by atoms with E-state index in [1.165, 1.54) is 19.2 Å². The highest BCUT2D eigenvalue weighted by molar-refractivity contribution is 7.90. The molecule has 2 heterocycles. The summed E-state index contributed by atoms with van der Waals surface area (Å²) in [6.07, 6.45) is 1.61. The van der Waals surface area contributed by atoms with Crippen molar-refractivity contribution in [3.8, 4) is 0 Å².